The predicted molar refractivity (Wildman–Crippen MR) is 105 cm³/mol. The molecule has 0 spiro atoms. The van der Waals surface area contributed by atoms with Gasteiger partial charge in [0.05, 0.1) is 36.6 Å². The van der Waals surface area contributed by atoms with E-state index in [0.717, 1.165) is 11.9 Å². The van der Waals surface area contributed by atoms with Crippen LogP contribution in [0, 0.1) is 11.8 Å². The van der Waals surface area contributed by atoms with Crippen LogP contribution in [0.1, 0.15) is 48.4 Å². The zero-order valence-corrected chi connectivity index (χ0v) is 16.5. The number of likely N-dealkylation sites (tertiary alicyclic amines) is 1. The van der Waals surface area contributed by atoms with Gasteiger partial charge >= 0.3 is 5.69 Å². The summed E-state index contributed by atoms with van der Waals surface area (Å²) in [5, 5.41) is 11.2. The fraction of sp³-hybridized carbons (Fsp3) is 0.500. The smallest absolute Gasteiger partial charge is 0.343 e. The van der Waals surface area contributed by atoms with Gasteiger partial charge in [0.2, 0.25) is 0 Å². The number of nitrogens with zero attached hydrogens (tertiary/aromatic N) is 5. The van der Waals surface area contributed by atoms with Gasteiger partial charge in [-0.3, -0.25) is 9.36 Å². The molecule has 1 amide bonds. The molecule has 0 bridgehead atoms. The maximum Gasteiger partial charge on any atom is 0.343 e. The number of pyridine rings is 1. The molecule has 1 N–H and O–H groups in total. The van der Waals surface area contributed by atoms with Crippen molar-refractivity contribution in [3.8, 4) is 5.75 Å². The molecule has 1 saturated heterocycles. The number of amides is 1. The first kappa shape index (κ1) is 18.0. The quantitative estimate of drug-likeness (QED) is 0.710. The third kappa shape index (κ3) is 2.83. The summed E-state index contributed by atoms with van der Waals surface area (Å²) in [5.74, 6) is 2.20. The van der Waals surface area contributed by atoms with E-state index in [9.17, 15) is 9.59 Å². The molecule has 1 aliphatic carbocycles. The van der Waals surface area contributed by atoms with Gasteiger partial charge in [0.25, 0.3) is 5.91 Å². The monoisotopic (exact) mass is 396 g/mol. The minimum absolute atomic E-state index is 0.0728. The number of nitrogens with one attached hydrogen (secondary N) is 1. The van der Waals surface area contributed by atoms with Crippen LogP contribution in [0.5, 0.6) is 5.75 Å². The lowest BCUT2D eigenvalue weighted by Crippen LogP contribution is -2.35. The molecule has 0 radical (unpaired) electrons. The number of H-pyrrole nitrogens is 1. The van der Waals surface area contributed by atoms with Crippen molar-refractivity contribution in [2.75, 3.05) is 13.7 Å². The van der Waals surface area contributed by atoms with E-state index in [1.165, 1.54) is 12.8 Å². The van der Waals surface area contributed by atoms with Gasteiger partial charge in [0.15, 0.2) is 5.82 Å². The van der Waals surface area contributed by atoms with E-state index in [0.29, 0.717) is 42.1 Å². The van der Waals surface area contributed by atoms with Crippen molar-refractivity contribution in [2.45, 2.75) is 38.8 Å². The summed E-state index contributed by atoms with van der Waals surface area (Å²) < 4.78 is 8.55. The van der Waals surface area contributed by atoms with E-state index in [1.54, 1.807) is 28.6 Å². The summed E-state index contributed by atoms with van der Waals surface area (Å²) in [6.07, 6.45) is 6.65. The maximum atomic E-state index is 13.6. The molecule has 3 aromatic rings. The van der Waals surface area contributed by atoms with Crippen molar-refractivity contribution in [1.29, 1.82) is 0 Å². The first-order valence-electron chi connectivity index (χ1n) is 10.1. The Morgan fingerprint density at radius 2 is 2.14 bits per heavy atom. The molecule has 2 aliphatic rings. The van der Waals surface area contributed by atoms with E-state index in [1.807, 2.05) is 24.0 Å². The molecule has 4 heterocycles. The fourth-order valence-corrected chi connectivity index (χ4v) is 4.66. The normalized spacial score (nSPS) is 21.8. The van der Waals surface area contributed by atoms with E-state index < -0.39 is 0 Å². The predicted octanol–water partition coefficient (Wildman–Crippen LogP) is 1.86. The first-order valence-corrected chi connectivity index (χ1v) is 10.1. The van der Waals surface area contributed by atoms with Crippen LogP contribution < -0.4 is 10.4 Å². The van der Waals surface area contributed by atoms with Crippen LogP contribution in [0.15, 0.2) is 29.3 Å². The average molecular weight is 396 g/mol. The largest absolute Gasteiger partial charge is 0.495 e. The summed E-state index contributed by atoms with van der Waals surface area (Å²) in [4.78, 5) is 27.6. The highest BCUT2D eigenvalue weighted by atomic mass is 16.5. The van der Waals surface area contributed by atoms with Crippen LogP contribution >= 0.6 is 0 Å². The SMILES string of the molecule is CCn1c(C2C(C3CC3)CCN2C(=O)c2cnn3cc(OC)ccc23)n[nH]c1=O. The summed E-state index contributed by atoms with van der Waals surface area (Å²) >= 11 is 0. The van der Waals surface area contributed by atoms with E-state index in [4.69, 9.17) is 4.74 Å². The second-order valence-corrected chi connectivity index (χ2v) is 7.82. The third-order valence-electron chi connectivity index (χ3n) is 6.26. The van der Waals surface area contributed by atoms with Crippen LogP contribution in [-0.2, 0) is 6.54 Å². The molecule has 3 aromatic heterocycles. The lowest BCUT2D eigenvalue weighted by molar-refractivity contribution is 0.0702. The van der Waals surface area contributed by atoms with Crippen molar-refractivity contribution in [1.82, 2.24) is 29.3 Å². The minimum Gasteiger partial charge on any atom is -0.495 e. The molecule has 9 nitrogen and oxygen atoms in total. The number of methoxy groups -OCH3 is 1. The molecule has 2 unspecified atom stereocenters. The molecule has 5 rings (SSSR count). The Hall–Kier alpha value is -3.10. The molecule has 0 aromatic carbocycles. The maximum absolute atomic E-state index is 13.6. The van der Waals surface area contributed by atoms with Gasteiger partial charge in [0, 0.05) is 13.1 Å². The second kappa shape index (κ2) is 6.75. The highest BCUT2D eigenvalue weighted by Gasteiger charge is 2.48. The minimum atomic E-state index is -0.223. The standard InChI is InChI=1S/C20H24N6O3/c1-3-24-18(22-23-20(24)28)17-14(12-4-5-12)8-9-25(17)19(27)15-10-21-26-11-13(29-2)6-7-16(15)26/h6-7,10-12,14,17H,3-5,8-9H2,1-2H3,(H,23,28). The van der Waals surface area contributed by atoms with Crippen LogP contribution in [0.3, 0.4) is 0 Å². The molecule has 2 fully saturated rings. The Balaban J connectivity index is 1.55. The summed E-state index contributed by atoms with van der Waals surface area (Å²) in [5.41, 5.74) is 1.06. The van der Waals surface area contributed by atoms with E-state index in [2.05, 4.69) is 15.3 Å². The highest BCUT2D eigenvalue weighted by molar-refractivity contribution is 6.01. The molecule has 1 aliphatic heterocycles. The van der Waals surface area contributed by atoms with Crippen LogP contribution in [-0.4, -0.2) is 48.8 Å². The van der Waals surface area contributed by atoms with Crippen LogP contribution in [0.2, 0.25) is 0 Å². The molecular weight excluding hydrogens is 372 g/mol. The van der Waals surface area contributed by atoms with Gasteiger partial charge in [0.1, 0.15) is 5.75 Å². The Morgan fingerprint density at radius 3 is 2.86 bits per heavy atom. The Labute approximate surface area is 167 Å². The van der Waals surface area contributed by atoms with Gasteiger partial charge in [-0.15, -0.1) is 0 Å². The number of fused-ring (bicyclic) bond motifs is 1. The van der Waals surface area contributed by atoms with Crippen LogP contribution in [0.25, 0.3) is 5.52 Å². The number of aromatic amines is 1. The van der Waals surface area contributed by atoms with Crippen molar-refractivity contribution < 1.29 is 9.53 Å². The van der Waals surface area contributed by atoms with E-state index >= 15 is 0 Å². The highest BCUT2D eigenvalue weighted by Crippen LogP contribution is 2.50. The summed E-state index contributed by atoms with van der Waals surface area (Å²) in [7, 11) is 1.60. The Morgan fingerprint density at radius 1 is 1.31 bits per heavy atom. The lowest BCUT2D eigenvalue weighted by atomic mass is 9.94. The van der Waals surface area contributed by atoms with Crippen molar-refractivity contribution >= 4 is 11.4 Å². The van der Waals surface area contributed by atoms with Crippen LogP contribution in [0.4, 0.5) is 0 Å². The second-order valence-electron chi connectivity index (χ2n) is 7.82. The lowest BCUT2D eigenvalue weighted by Gasteiger charge is -2.27. The number of ether oxygens (including phenoxy) is 1. The topological polar surface area (TPSA) is 97.5 Å². The molecule has 9 heteroatoms. The average Bonchev–Trinajstić information content (AvgIpc) is 3.19. The summed E-state index contributed by atoms with van der Waals surface area (Å²) in [6.45, 7) is 3.10. The van der Waals surface area contributed by atoms with Gasteiger partial charge in [-0.25, -0.2) is 14.4 Å². The van der Waals surface area contributed by atoms with Gasteiger partial charge < -0.3 is 9.64 Å². The van der Waals surface area contributed by atoms with Crippen molar-refractivity contribution in [3.63, 3.8) is 0 Å². The van der Waals surface area contributed by atoms with Crippen molar-refractivity contribution in [2.24, 2.45) is 11.8 Å². The van der Waals surface area contributed by atoms with Gasteiger partial charge in [-0.1, -0.05) is 0 Å². The van der Waals surface area contributed by atoms with Gasteiger partial charge in [-0.05, 0) is 50.2 Å². The zero-order valence-electron chi connectivity index (χ0n) is 16.5. The summed E-state index contributed by atoms with van der Waals surface area (Å²) in [6, 6.07) is 3.48. The molecule has 2 atom stereocenters. The van der Waals surface area contributed by atoms with E-state index in [-0.39, 0.29) is 17.6 Å². The number of hydrogen-bond acceptors (Lipinski definition) is 5. The van der Waals surface area contributed by atoms with Crippen molar-refractivity contribution in [3.05, 3.63) is 46.4 Å². The first-order chi connectivity index (χ1) is 14.1. The zero-order chi connectivity index (χ0) is 20.1. The number of aromatic nitrogens is 5. The molecular formula is C20H24N6O3. The number of carbonyl (C=O) groups is 1. The third-order valence-corrected chi connectivity index (χ3v) is 6.26. The number of hydrogen-bond donors (Lipinski definition) is 1. The molecule has 29 heavy (non-hydrogen) atoms. The Bertz CT molecular complexity index is 1120. The van der Waals surface area contributed by atoms with Gasteiger partial charge in [-0.2, -0.15) is 10.2 Å². The Kier molecular flexibility index (Phi) is 4.18. The molecule has 1 saturated carbocycles. The fourth-order valence-electron chi connectivity index (χ4n) is 4.66. The number of rotatable bonds is 5. The number of carbonyl (C=O) groups excluding carboxylic acids is 1. The molecule has 152 valence electrons.